The van der Waals surface area contributed by atoms with Gasteiger partial charge in [-0.3, -0.25) is 4.79 Å². The van der Waals surface area contributed by atoms with Gasteiger partial charge in [-0.1, -0.05) is 11.6 Å². The van der Waals surface area contributed by atoms with Gasteiger partial charge in [0.05, 0.1) is 11.7 Å². The van der Waals surface area contributed by atoms with E-state index in [2.05, 4.69) is 0 Å². The Balaban J connectivity index is 1.78. The summed E-state index contributed by atoms with van der Waals surface area (Å²) in [5.41, 5.74) is 0. The highest BCUT2D eigenvalue weighted by molar-refractivity contribution is 8.00. The predicted molar refractivity (Wildman–Crippen MR) is 77.5 cm³/mol. The molecule has 116 valence electrons. The average molecular weight is 338 g/mol. The van der Waals surface area contributed by atoms with Crippen LogP contribution in [0.5, 0.6) is 0 Å². The van der Waals surface area contributed by atoms with Gasteiger partial charge in [0.15, 0.2) is 0 Å². The Bertz CT molecular complexity index is 484. The molecule has 0 spiro atoms. The Hall–Kier alpha value is -0.880. The highest BCUT2D eigenvalue weighted by Gasteiger charge is 2.41. The number of amides is 1. The van der Waals surface area contributed by atoms with Crippen LogP contribution in [0.1, 0.15) is 12.8 Å². The fraction of sp³-hybridized carbons (Fsp3) is 0.500. The smallest absolute Gasteiger partial charge is 0.342 e. The molecule has 1 aromatic rings. The van der Waals surface area contributed by atoms with E-state index in [0.717, 1.165) is 4.90 Å². The van der Waals surface area contributed by atoms with Gasteiger partial charge in [-0.25, -0.2) is 0 Å². The van der Waals surface area contributed by atoms with Gasteiger partial charge in [0, 0.05) is 23.0 Å². The standard InChI is InChI=1S/C14H15ClF3NOS/c15-11-1-3-12(4-2-11)21-9-13(20)19-7-5-10(6-8-19)14(16,17)18/h1-4,10H,5-9H2. The van der Waals surface area contributed by atoms with Crippen molar-refractivity contribution in [1.82, 2.24) is 4.90 Å². The van der Waals surface area contributed by atoms with Gasteiger partial charge in [0.2, 0.25) is 5.91 Å². The summed E-state index contributed by atoms with van der Waals surface area (Å²) in [6.07, 6.45) is -4.14. The van der Waals surface area contributed by atoms with E-state index in [1.807, 2.05) is 12.1 Å². The Morgan fingerprint density at radius 1 is 1.24 bits per heavy atom. The van der Waals surface area contributed by atoms with E-state index in [9.17, 15) is 18.0 Å². The van der Waals surface area contributed by atoms with Crippen molar-refractivity contribution in [3.8, 4) is 0 Å². The van der Waals surface area contributed by atoms with Crippen LogP contribution in [0.3, 0.4) is 0 Å². The molecule has 2 rings (SSSR count). The van der Waals surface area contributed by atoms with E-state index < -0.39 is 12.1 Å². The van der Waals surface area contributed by atoms with Crippen molar-refractivity contribution in [1.29, 1.82) is 0 Å². The van der Waals surface area contributed by atoms with E-state index in [1.165, 1.54) is 16.7 Å². The summed E-state index contributed by atoms with van der Waals surface area (Å²) < 4.78 is 37.7. The number of likely N-dealkylation sites (tertiary alicyclic amines) is 1. The molecule has 0 radical (unpaired) electrons. The van der Waals surface area contributed by atoms with Gasteiger partial charge in [-0.05, 0) is 37.1 Å². The second-order valence-electron chi connectivity index (χ2n) is 4.94. The molecule has 0 bridgehead atoms. The number of rotatable bonds is 3. The molecule has 1 fully saturated rings. The quantitative estimate of drug-likeness (QED) is 0.769. The predicted octanol–water partition coefficient (Wildman–Crippen LogP) is 4.23. The normalized spacial score (nSPS) is 17.0. The Morgan fingerprint density at radius 2 is 1.81 bits per heavy atom. The van der Waals surface area contributed by atoms with E-state index >= 15 is 0 Å². The molecule has 0 unspecified atom stereocenters. The van der Waals surface area contributed by atoms with E-state index in [4.69, 9.17) is 11.6 Å². The number of carbonyl (C=O) groups is 1. The lowest BCUT2D eigenvalue weighted by molar-refractivity contribution is -0.186. The van der Waals surface area contributed by atoms with Gasteiger partial charge in [0.1, 0.15) is 0 Å². The molecule has 1 heterocycles. The molecule has 1 aliphatic rings. The second kappa shape index (κ2) is 6.92. The third-order valence-corrected chi connectivity index (χ3v) is 4.74. The maximum absolute atomic E-state index is 12.6. The Labute approximate surface area is 130 Å². The fourth-order valence-electron chi connectivity index (χ4n) is 2.22. The maximum atomic E-state index is 12.6. The van der Waals surface area contributed by atoms with Gasteiger partial charge < -0.3 is 4.90 Å². The molecule has 0 aromatic heterocycles. The first-order valence-electron chi connectivity index (χ1n) is 6.59. The summed E-state index contributed by atoms with van der Waals surface area (Å²) >= 11 is 7.14. The summed E-state index contributed by atoms with van der Waals surface area (Å²) in [6, 6.07) is 7.11. The lowest BCUT2D eigenvalue weighted by Crippen LogP contribution is -2.42. The molecule has 0 aliphatic carbocycles. The molecular weight excluding hydrogens is 323 g/mol. The molecule has 0 atom stereocenters. The molecule has 0 N–H and O–H groups in total. The number of alkyl halides is 3. The number of halogens is 4. The first kappa shape index (κ1) is 16.5. The van der Waals surface area contributed by atoms with Crippen LogP contribution >= 0.6 is 23.4 Å². The van der Waals surface area contributed by atoms with Crippen molar-refractivity contribution in [3.63, 3.8) is 0 Å². The fourth-order valence-corrected chi connectivity index (χ4v) is 3.15. The SMILES string of the molecule is O=C(CSc1ccc(Cl)cc1)N1CCC(C(F)(F)F)CC1. The number of benzene rings is 1. The molecule has 1 amide bonds. The number of piperidine rings is 1. The molecule has 1 aromatic carbocycles. The minimum Gasteiger partial charge on any atom is -0.342 e. The first-order valence-corrected chi connectivity index (χ1v) is 7.95. The monoisotopic (exact) mass is 337 g/mol. The highest BCUT2D eigenvalue weighted by atomic mass is 35.5. The summed E-state index contributed by atoms with van der Waals surface area (Å²) in [4.78, 5) is 14.4. The van der Waals surface area contributed by atoms with Crippen molar-refractivity contribution in [3.05, 3.63) is 29.3 Å². The minimum atomic E-state index is -4.15. The zero-order chi connectivity index (χ0) is 15.5. The summed E-state index contributed by atoms with van der Waals surface area (Å²) in [6.45, 7) is 0.369. The van der Waals surface area contributed by atoms with E-state index in [0.29, 0.717) is 5.02 Å². The molecule has 0 saturated carbocycles. The molecule has 1 saturated heterocycles. The minimum absolute atomic E-state index is 0.000845. The molecular formula is C14H15ClF3NOS. The number of nitrogens with zero attached hydrogens (tertiary/aromatic N) is 1. The zero-order valence-electron chi connectivity index (χ0n) is 11.2. The van der Waals surface area contributed by atoms with Gasteiger partial charge in [-0.15, -0.1) is 11.8 Å². The van der Waals surface area contributed by atoms with Crippen molar-refractivity contribution < 1.29 is 18.0 Å². The van der Waals surface area contributed by atoms with Crippen LogP contribution in [0.4, 0.5) is 13.2 Å². The van der Waals surface area contributed by atoms with E-state index in [-0.39, 0.29) is 37.6 Å². The summed E-state index contributed by atoms with van der Waals surface area (Å²) in [7, 11) is 0. The maximum Gasteiger partial charge on any atom is 0.391 e. The lowest BCUT2D eigenvalue weighted by atomic mass is 9.96. The lowest BCUT2D eigenvalue weighted by Gasteiger charge is -2.32. The van der Waals surface area contributed by atoms with Crippen LogP contribution in [0.2, 0.25) is 5.02 Å². The van der Waals surface area contributed by atoms with Crippen molar-refractivity contribution in [2.75, 3.05) is 18.8 Å². The van der Waals surface area contributed by atoms with Crippen LogP contribution in [0.25, 0.3) is 0 Å². The highest BCUT2D eigenvalue weighted by Crippen LogP contribution is 2.34. The topological polar surface area (TPSA) is 20.3 Å². The van der Waals surface area contributed by atoms with Gasteiger partial charge in [0.25, 0.3) is 0 Å². The largest absolute Gasteiger partial charge is 0.391 e. The zero-order valence-corrected chi connectivity index (χ0v) is 12.8. The average Bonchev–Trinajstić information content (AvgIpc) is 2.45. The van der Waals surface area contributed by atoms with Gasteiger partial charge in [-0.2, -0.15) is 13.2 Å². The number of hydrogen-bond acceptors (Lipinski definition) is 2. The van der Waals surface area contributed by atoms with Crippen LogP contribution in [-0.4, -0.2) is 35.8 Å². The molecule has 7 heteroatoms. The Morgan fingerprint density at radius 3 is 2.33 bits per heavy atom. The summed E-state index contributed by atoms with van der Waals surface area (Å²) in [5, 5.41) is 0.625. The third-order valence-electron chi connectivity index (χ3n) is 3.49. The third kappa shape index (κ3) is 4.81. The number of carbonyl (C=O) groups excluding carboxylic acids is 1. The van der Waals surface area contributed by atoms with Gasteiger partial charge >= 0.3 is 6.18 Å². The van der Waals surface area contributed by atoms with Crippen molar-refractivity contribution >= 4 is 29.3 Å². The van der Waals surface area contributed by atoms with Crippen molar-refractivity contribution in [2.24, 2.45) is 5.92 Å². The summed E-state index contributed by atoms with van der Waals surface area (Å²) in [5.74, 6) is -1.15. The molecule has 1 aliphatic heterocycles. The molecule has 2 nitrogen and oxygen atoms in total. The van der Waals surface area contributed by atoms with Crippen molar-refractivity contribution in [2.45, 2.75) is 23.9 Å². The first-order chi connectivity index (χ1) is 9.86. The van der Waals surface area contributed by atoms with Crippen LogP contribution < -0.4 is 0 Å². The van der Waals surface area contributed by atoms with E-state index in [1.54, 1.807) is 12.1 Å². The number of thioether (sulfide) groups is 1. The molecule has 21 heavy (non-hydrogen) atoms. The van der Waals surface area contributed by atoms with Crippen LogP contribution in [-0.2, 0) is 4.79 Å². The second-order valence-corrected chi connectivity index (χ2v) is 6.42. The number of hydrogen-bond donors (Lipinski definition) is 0. The van der Waals surface area contributed by atoms with Crippen LogP contribution in [0, 0.1) is 5.92 Å². The Kier molecular flexibility index (Phi) is 5.43. The van der Waals surface area contributed by atoms with Crippen LogP contribution in [0.15, 0.2) is 29.2 Å².